The molecular weight excluding hydrogens is 536 g/mol. The maximum Gasteiger partial charge on any atom is 0.339 e. The molecule has 0 atom stereocenters. The third kappa shape index (κ3) is 5.63. The van der Waals surface area contributed by atoms with E-state index < -0.39 is 26.2 Å². The van der Waals surface area contributed by atoms with Gasteiger partial charge in [-0.1, -0.05) is 24.3 Å². The molecule has 1 fully saturated rings. The molecule has 1 saturated heterocycles. The zero-order chi connectivity index (χ0) is 27.4. The lowest BCUT2D eigenvalue weighted by molar-refractivity contribution is -0.385. The topological polar surface area (TPSA) is 142 Å². The number of amides is 2. The van der Waals surface area contributed by atoms with Crippen LogP contribution in [0.4, 0.5) is 10.5 Å². The molecule has 3 aromatic rings. The Bertz CT molecular complexity index is 1550. The number of carbonyl (C=O) groups excluding carboxylic acids is 2. The van der Waals surface area contributed by atoms with Crippen molar-refractivity contribution in [1.29, 1.82) is 0 Å². The number of ether oxygens (including phenoxy) is 2. The largest absolute Gasteiger partial charge is 0.497 e. The molecule has 2 amide bonds. The lowest BCUT2D eigenvalue weighted by Crippen LogP contribution is -2.27. The number of imide groups is 1. The molecule has 11 nitrogen and oxygen atoms in total. The fourth-order valence-electron chi connectivity index (χ4n) is 3.53. The normalized spacial score (nSPS) is 14.6. The highest BCUT2D eigenvalue weighted by Crippen LogP contribution is 2.36. The second kappa shape index (κ2) is 10.9. The van der Waals surface area contributed by atoms with Crippen LogP contribution in [-0.2, 0) is 21.5 Å². The number of hydrogen-bond acceptors (Lipinski definition) is 10. The molecule has 0 bridgehead atoms. The summed E-state index contributed by atoms with van der Waals surface area (Å²) in [6.07, 6.45) is 1.44. The molecule has 0 N–H and O–H groups in total. The molecule has 1 heterocycles. The molecular formula is C25H20N2O9S2. The third-order valence-electron chi connectivity index (χ3n) is 5.42. The Morgan fingerprint density at radius 3 is 2.34 bits per heavy atom. The predicted molar refractivity (Wildman–Crippen MR) is 138 cm³/mol. The van der Waals surface area contributed by atoms with E-state index in [4.69, 9.17) is 13.7 Å². The molecule has 38 heavy (non-hydrogen) atoms. The first-order valence-electron chi connectivity index (χ1n) is 10.9. The van der Waals surface area contributed by atoms with Gasteiger partial charge in [0, 0.05) is 11.6 Å². The Morgan fingerprint density at radius 1 is 0.974 bits per heavy atom. The van der Waals surface area contributed by atoms with Crippen molar-refractivity contribution in [2.75, 3.05) is 14.2 Å². The Kier molecular flexibility index (Phi) is 7.69. The number of thioether (sulfide) groups is 1. The van der Waals surface area contributed by atoms with Gasteiger partial charge in [0.2, 0.25) is 0 Å². The number of carbonyl (C=O) groups is 2. The van der Waals surface area contributed by atoms with Crippen molar-refractivity contribution in [3.8, 4) is 17.2 Å². The molecule has 1 aliphatic rings. The van der Waals surface area contributed by atoms with Gasteiger partial charge < -0.3 is 13.7 Å². The number of rotatable bonds is 9. The minimum atomic E-state index is -4.18. The summed E-state index contributed by atoms with van der Waals surface area (Å²) in [5.41, 5.74) is 0.468. The van der Waals surface area contributed by atoms with Gasteiger partial charge in [0.05, 0.1) is 30.6 Å². The highest BCUT2D eigenvalue weighted by Gasteiger charge is 2.36. The summed E-state index contributed by atoms with van der Waals surface area (Å²) in [6.45, 7) is -0.252. The van der Waals surface area contributed by atoms with Gasteiger partial charge in [-0.3, -0.25) is 24.6 Å². The quantitative estimate of drug-likeness (QED) is 0.159. The van der Waals surface area contributed by atoms with Gasteiger partial charge in [-0.05, 0) is 59.8 Å². The first-order valence-corrected chi connectivity index (χ1v) is 13.1. The summed E-state index contributed by atoms with van der Waals surface area (Å²) in [6, 6.07) is 15.8. The standard InChI is InChI=1S/C25H20N2O9S2/c1-34-18-8-10-19(11-9-18)38(32,33)36-21-12-7-16(13-22(21)35-2)14-23-24(28)26(25(29)37-23)15-17-5-3-4-6-20(17)27(30)31/h3-14H,15H2,1-2H3/b23-14-. The number of nitro groups is 1. The van der Waals surface area contributed by atoms with Crippen molar-refractivity contribution in [2.45, 2.75) is 11.4 Å². The van der Waals surface area contributed by atoms with Crippen LogP contribution in [0.3, 0.4) is 0 Å². The highest BCUT2D eigenvalue weighted by molar-refractivity contribution is 8.18. The van der Waals surface area contributed by atoms with E-state index in [-0.39, 0.29) is 39.1 Å². The molecule has 13 heteroatoms. The summed E-state index contributed by atoms with van der Waals surface area (Å²) in [7, 11) is -1.39. The maximum absolute atomic E-state index is 12.9. The van der Waals surface area contributed by atoms with Gasteiger partial charge in [0.1, 0.15) is 10.6 Å². The Morgan fingerprint density at radius 2 is 1.68 bits per heavy atom. The van der Waals surface area contributed by atoms with E-state index in [1.54, 1.807) is 6.07 Å². The third-order valence-corrected chi connectivity index (χ3v) is 7.58. The van der Waals surface area contributed by atoms with Crippen molar-refractivity contribution in [1.82, 2.24) is 4.90 Å². The van der Waals surface area contributed by atoms with Crippen LogP contribution in [-0.4, -0.2) is 43.6 Å². The fraction of sp³-hybridized carbons (Fsp3) is 0.120. The molecule has 0 aliphatic carbocycles. The summed E-state index contributed by atoms with van der Waals surface area (Å²) in [4.78, 5) is 37.1. The smallest absolute Gasteiger partial charge is 0.339 e. The summed E-state index contributed by atoms with van der Waals surface area (Å²) in [5.74, 6) is -0.128. The summed E-state index contributed by atoms with van der Waals surface area (Å²) in [5, 5.41) is 10.7. The van der Waals surface area contributed by atoms with Crippen LogP contribution in [0, 0.1) is 10.1 Å². The average Bonchev–Trinajstić information content (AvgIpc) is 3.16. The molecule has 1 aliphatic heterocycles. The predicted octanol–water partition coefficient (Wildman–Crippen LogP) is 4.62. The van der Waals surface area contributed by atoms with E-state index in [9.17, 15) is 28.1 Å². The Labute approximate surface area is 221 Å². The first kappa shape index (κ1) is 26.7. The first-order chi connectivity index (χ1) is 18.1. The van der Waals surface area contributed by atoms with Crippen LogP contribution in [0.5, 0.6) is 17.2 Å². The van der Waals surface area contributed by atoms with Crippen LogP contribution in [0.2, 0.25) is 0 Å². The summed E-state index contributed by atoms with van der Waals surface area (Å²) < 4.78 is 41.0. The average molecular weight is 557 g/mol. The molecule has 0 spiro atoms. The van der Waals surface area contributed by atoms with Crippen LogP contribution < -0.4 is 13.7 Å². The SMILES string of the molecule is COc1ccc(S(=O)(=O)Oc2ccc(/C=C3\SC(=O)N(Cc4ccccc4[N+](=O)[O-])C3=O)cc2OC)cc1. The van der Waals surface area contributed by atoms with Crippen molar-refractivity contribution < 1.29 is 36.6 Å². The van der Waals surface area contributed by atoms with E-state index in [2.05, 4.69) is 0 Å². The van der Waals surface area contributed by atoms with Gasteiger partial charge in [0.15, 0.2) is 11.5 Å². The highest BCUT2D eigenvalue weighted by atomic mass is 32.2. The van der Waals surface area contributed by atoms with Crippen molar-refractivity contribution in [2.24, 2.45) is 0 Å². The van der Waals surface area contributed by atoms with Crippen molar-refractivity contribution >= 4 is 44.8 Å². The van der Waals surface area contributed by atoms with Gasteiger partial charge in [-0.2, -0.15) is 8.42 Å². The van der Waals surface area contributed by atoms with Crippen LogP contribution in [0.15, 0.2) is 76.5 Å². The molecule has 4 rings (SSSR count). The van der Waals surface area contributed by atoms with E-state index in [0.29, 0.717) is 23.1 Å². The Hall–Kier alpha value is -4.36. The Balaban J connectivity index is 1.55. The molecule has 0 unspecified atom stereocenters. The number of nitrogens with zero attached hydrogens (tertiary/aromatic N) is 2. The maximum atomic E-state index is 12.9. The number of para-hydroxylation sites is 1. The van der Waals surface area contributed by atoms with E-state index >= 15 is 0 Å². The van der Waals surface area contributed by atoms with Crippen LogP contribution in [0.25, 0.3) is 6.08 Å². The number of nitro benzene ring substituents is 1. The van der Waals surface area contributed by atoms with E-state index in [0.717, 1.165) is 4.90 Å². The van der Waals surface area contributed by atoms with Gasteiger partial charge in [-0.25, -0.2) is 0 Å². The monoisotopic (exact) mass is 556 g/mol. The molecule has 0 saturated carbocycles. The lowest BCUT2D eigenvalue weighted by atomic mass is 10.1. The number of hydrogen-bond donors (Lipinski definition) is 0. The fourth-order valence-corrected chi connectivity index (χ4v) is 5.31. The van der Waals surface area contributed by atoms with Crippen molar-refractivity contribution in [3.63, 3.8) is 0 Å². The van der Waals surface area contributed by atoms with Gasteiger partial charge in [-0.15, -0.1) is 0 Å². The van der Waals surface area contributed by atoms with Gasteiger partial charge in [0.25, 0.3) is 16.8 Å². The molecule has 3 aromatic carbocycles. The lowest BCUT2D eigenvalue weighted by Gasteiger charge is -2.13. The second-order valence-corrected chi connectivity index (χ2v) is 10.3. The van der Waals surface area contributed by atoms with Crippen LogP contribution >= 0.6 is 11.8 Å². The number of benzene rings is 3. The van der Waals surface area contributed by atoms with E-state index in [1.807, 2.05) is 0 Å². The molecule has 0 aromatic heterocycles. The van der Waals surface area contributed by atoms with Gasteiger partial charge >= 0.3 is 10.1 Å². The molecule has 0 radical (unpaired) electrons. The summed E-state index contributed by atoms with van der Waals surface area (Å²) >= 11 is 0.689. The van der Waals surface area contributed by atoms with Crippen molar-refractivity contribution in [3.05, 3.63) is 92.9 Å². The van der Waals surface area contributed by atoms with Crippen LogP contribution in [0.1, 0.15) is 11.1 Å². The second-order valence-electron chi connectivity index (χ2n) is 7.78. The van der Waals surface area contributed by atoms with E-state index in [1.165, 1.54) is 81.0 Å². The zero-order valence-corrected chi connectivity index (χ0v) is 21.7. The molecule has 196 valence electrons. The minimum absolute atomic E-state index is 0.0787. The minimum Gasteiger partial charge on any atom is -0.497 e. The zero-order valence-electron chi connectivity index (χ0n) is 20.0. The number of methoxy groups -OCH3 is 2.